The Labute approximate surface area is 172 Å². The fourth-order valence-corrected chi connectivity index (χ4v) is 4.48. The maximum Gasteiger partial charge on any atom is 0.255 e. The smallest absolute Gasteiger partial charge is 0.255 e. The number of aromatic nitrogens is 2. The lowest BCUT2D eigenvalue weighted by molar-refractivity contribution is 0.0664. The molecule has 6 heteroatoms. The monoisotopic (exact) mass is 394 g/mol. The lowest BCUT2D eigenvalue weighted by atomic mass is 9.98. The number of pyridine rings is 2. The molecule has 1 saturated carbocycles. The predicted octanol–water partition coefficient (Wildman–Crippen LogP) is 3.27. The summed E-state index contributed by atoms with van der Waals surface area (Å²) in [5, 5.41) is 9.31. The van der Waals surface area contributed by atoms with Crippen molar-refractivity contribution in [1.29, 1.82) is 0 Å². The van der Waals surface area contributed by atoms with E-state index in [4.69, 9.17) is 0 Å². The Morgan fingerprint density at radius 1 is 1.10 bits per heavy atom. The van der Waals surface area contributed by atoms with Crippen LogP contribution in [0.1, 0.15) is 54.4 Å². The molecule has 2 aliphatic rings. The summed E-state index contributed by atoms with van der Waals surface area (Å²) >= 11 is 0. The summed E-state index contributed by atoms with van der Waals surface area (Å²) in [6.07, 6.45) is 11.8. The van der Waals surface area contributed by atoms with Crippen LogP contribution in [0.2, 0.25) is 0 Å². The van der Waals surface area contributed by atoms with Gasteiger partial charge in [0.05, 0.1) is 5.56 Å². The fraction of sp³-hybridized carbons (Fsp3) is 0.522. The van der Waals surface area contributed by atoms with Gasteiger partial charge >= 0.3 is 0 Å². The van der Waals surface area contributed by atoms with Crippen molar-refractivity contribution >= 4 is 11.7 Å². The highest BCUT2D eigenvalue weighted by atomic mass is 16.3. The van der Waals surface area contributed by atoms with Gasteiger partial charge in [-0.2, -0.15) is 0 Å². The number of carbonyl (C=O) groups is 1. The first-order chi connectivity index (χ1) is 14.2. The molecule has 154 valence electrons. The Morgan fingerprint density at radius 3 is 2.52 bits per heavy atom. The number of anilines is 1. The van der Waals surface area contributed by atoms with E-state index >= 15 is 0 Å². The third-order valence-electron chi connectivity index (χ3n) is 6.29. The molecule has 6 nitrogen and oxygen atoms in total. The highest BCUT2D eigenvalue weighted by Gasteiger charge is 2.28. The lowest BCUT2D eigenvalue weighted by Gasteiger charge is -2.32. The van der Waals surface area contributed by atoms with E-state index < -0.39 is 0 Å². The molecule has 1 aliphatic heterocycles. The molecule has 4 rings (SSSR count). The molecular formula is C23H30N4O2. The highest BCUT2D eigenvalue weighted by Crippen LogP contribution is 2.27. The molecule has 0 unspecified atom stereocenters. The predicted molar refractivity (Wildman–Crippen MR) is 113 cm³/mol. The fourth-order valence-electron chi connectivity index (χ4n) is 4.48. The van der Waals surface area contributed by atoms with E-state index in [9.17, 15) is 9.90 Å². The number of hydrogen-bond donors (Lipinski definition) is 1. The Morgan fingerprint density at radius 2 is 1.90 bits per heavy atom. The Balaban J connectivity index is 1.45. The average molecular weight is 395 g/mol. The van der Waals surface area contributed by atoms with Gasteiger partial charge in [0.1, 0.15) is 5.82 Å². The summed E-state index contributed by atoms with van der Waals surface area (Å²) in [6, 6.07) is 8.11. The summed E-state index contributed by atoms with van der Waals surface area (Å²) in [6.45, 7) is 2.73. The van der Waals surface area contributed by atoms with E-state index in [-0.39, 0.29) is 12.5 Å². The van der Waals surface area contributed by atoms with Crippen LogP contribution in [0.5, 0.6) is 0 Å². The number of aliphatic hydroxyl groups is 1. The minimum absolute atomic E-state index is 0.0557. The maximum atomic E-state index is 13.1. The molecule has 29 heavy (non-hydrogen) atoms. The molecule has 1 amide bonds. The summed E-state index contributed by atoms with van der Waals surface area (Å²) in [5.74, 6) is 1.46. The number of nitrogens with zero attached hydrogens (tertiary/aromatic N) is 4. The lowest BCUT2D eigenvalue weighted by Crippen LogP contribution is -2.38. The van der Waals surface area contributed by atoms with E-state index in [1.807, 2.05) is 23.2 Å². The number of hydrogen-bond acceptors (Lipinski definition) is 5. The van der Waals surface area contributed by atoms with Crippen LogP contribution in [0.25, 0.3) is 0 Å². The number of piperidine rings is 1. The summed E-state index contributed by atoms with van der Waals surface area (Å²) in [5.41, 5.74) is 1.71. The van der Waals surface area contributed by atoms with E-state index in [1.165, 1.54) is 12.8 Å². The molecule has 3 heterocycles. The molecule has 0 atom stereocenters. The van der Waals surface area contributed by atoms with Crippen LogP contribution in [0.15, 0.2) is 42.9 Å². The van der Waals surface area contributed by atoms with Crippen LogP contribution >= 0.6 is 0 Å². The van der Waals surface area contributed by atoms with Crippen LogP contribution in [0, 0.1) is 5.92 Å². The number of rotatable bonds is 6. The van der Waals surface area contributed by atoms with Crippen molar-refractivity contribution in [3.63, 3.8) is 0 Å². The second-order valence-electron chi connectivity index (χ2n) is 8.25. The first kappa shape index (κ1) is 19.8. The van der Waals surface area contributed by atoms with Crippen molar-refractivity contribution in [3.8, 4) is 0 Å². The van der Waals surface area contributed by atoms with Gasteiger partial charge in [0.15, 0.2) is 0 Å². The van der Waals surface area contributed by atoms with Gasteiger partial charge in [0.2, 0.25) is 0 Å². The van der Waals surface area contributed by atoms with E-state index in [1.54, 1.807) is 12.4 Å². The Bertz CT molecular complexity index is 782. The van der Waals surface area contributed by atoms with Crippen molar-refractivity contribution in [3.05, 3.63) is 54.0 Å². The van der Waals surface area contributed by atoms with Crippen molar-refractivity contribution in [2.45, 2.75) is 51.1 Å². The van der Waals surface area contributed by atoms with Crippen molar-refractivity contribution in [1.82, 2.24) is 14.9 Å². The SMILES string of the molecule is O=C(c1cccnc1)N(Cc1ccc(N2CCC(CO)CC2)nc1)C1CCCC1. The molecule has 1 N–H and O–H groups in total. The minimum atomic E-state index is 0.0557. The third-order valence-corrected chi connectivity index (χ3v) is 6.29. The van der Waals surface area contributed by atoms with Crippen LogP contribution in [-0.2, 0) is 6.54 Å². The Kier molecular flexibility index (Phi) is 6.39. The average Bonchev–Trinajstić information content (AvgIpc) is 3.33. The van der Waals surface area contributed by atoms with E-state index in [0.29, 0.717) is 24.1 Å². The van der Waals surface area contributed by atoms with Gasteiger partial charge in [-0.3, -0.25) is 9.78 Å². The van der Waals surface area contributed by atoms with Crippen LogP contribution in [0.4, 0.5) is 5.82 Å². The van der Waals surface area contributed by atoms with Gasteiger partial charge in [-0.05, 0) is 55.4 Å². The second-order valence-corrected chi connectivity index (χ2v) is 8.25. The van der Waals surface area contributed by atoms with Gasteiger partial charge in [0, 0.05) is 50.9 Å². The topological polar surface area (TPSA) is 69.6 Å². The van der Waals surface area contributed by atoms with Crippen molar-refractivity contribution in [2.24, 2.45) is 5.92 Å². The summed E-state index contributed by atoms with van der Waals surface area (Å²) in [4.78, 5) is 26.2. The molecule has 0 bridgehead atoms. The molecule has 0 aromatic carbocycles. The van der Waals surface area contributed by atoms with E-state index in [2.05, 4.69) is 27.0 Å². The molecular weight excluding hydrogens is 364 g/mol. The number of carbonyl (C=O) groups excluding carboxylic acids is 1. The number of amides is 1. The molecule has 0 radical (unpaired) electrons. The third kappa shape index (κ3) is 4.75. The van der Waals surface area contributed by atoms with E-state index in [0.717, 1.165) is 50.2 Å². The molecule has 1 aliphatic carbocycles. The van der Waals surface area contributed by atoms with Gasteiger partial charge < -0.3 is 14.9 Å². The normalized spacial score (nSPS) is 18.2. The number of aliphatic hydroxyl groups excluding tert-OH is 1. The molecule has 2 fully saturated rings. The van der Waals surface area contributed by atoms with Gasteiger partial charge in [0.25, 0.3) is 5.91 Å². The van der Waals surface area contributed by atoms with Crippen molar-refractivity contribution in [2.75, 3.05) is 24.6 Å². The van der Waals surface area contributed by atoms with Gasteiger partial charge in [-0.25, -0.2) is 4.98 Å². The summed E-state index contributed by atoms with van der Waals surface area (Å²) < 4.78 is 0. The Hall–Kier alpha value is -2.47. The molecule has 1 saturated heterocycles. The maximum absolute atomic E-state index is 13.1. The minimum Gasteiger partial charge on any atom is -0.396 e. The zero-order valence-corrected chi connectivity index (χ0v) is 16.9. The van der Waals surface area contributed by atoms with Crippen LogP contribution < -0.4 is 4.90 Å². The first-order valence-corrected chi connectivity index (χ1v) is 10.8. The zero-order valence-electron chi connectivity index (χ0n) is 16.9. The standard InChI is InChI=1S/C23H30N4O2/c28-17-18-9-12-26(13-10-18)22-8-7-19(14-25-22)16-27(21-5-1-2-6-21)23(29)20-4-3-11-24-15-20/h3-4,7-8,11,14-15,18,21,28H,1-2,5-6,9-10,12-13,16-17H2. The largest absolute Gasteiger partial charge is 0.396 e. The van der Waals surface area contributed by atoms with Crippen molar-refractivity contribution < 1.29 is 9.90 Å². The van der Waals surface area contributed by atoms with Crippen LogP contribution in [0.3, 0.4) is 0 Å². The van der Waals surface area contributed by atoms with Gasteiger partial charge in [-0.15, -0.1) is 0 Å². The second kappa shape index (κ2) is 9.35. The summed E-state index contributed by atoms with van der Waals surface area (Å²) in [7, 11) is 0. The molecule has 0 spiro atoms. The quantitative estimate of drug-likeness (QED) is 0.814. The zero-order chi connectivity index (χ0) is 20.1. The highest BCUT2D eigenvalue weighted by molar-refractivity contribution is 5.94. The van der Waals surface area contributed by atoms with Crippen LogP contribution in [-0.4, -0.2) is 51.6 Å². The molecule has 2 aromatic rings. The molecule has 2 aromatic heterocycles. The van der Waals surface area contributed by atoms with Gasteiger partial charge in [-0.1, -0.05) is 18.9 Å². The first-order valence-electron chi connectivity index (χ1n) is 10.8.